The van der Waals surface area contributed by atoms with Gasteiger partial charge in [-0.25, -0.2) is 4.68 Å². The van der Waals surface area contributed by atoms with Crippen molar-refractivity contribution in [3.05, 3.63) is 59.3 Å². The molecule has 0 aliphatic carbocycles. The Morgan fingerprint density at radius 3 is 2.70 bits per heavy atom. The standard InChI is InChI=1S/C18H25N3O2/c1-5-10-23-18-16(14(3)20-21(18)4)11-19-12-17(22)15-8-6-13(2)7-9-15/h5-9,17,19,22H,1,10-12H2,2-4H3. The lowest BCUT2D eigenvalue weighted by Crippen LogP contribution is -2.21. The zero-order valence-electron chi connectivity index (χ0n) is 14.0. The number of benzene rings is 1. The van der Waals surface area contributed by atoms with E-state index in [1.807, 2.05) is 45.2 Å². The summed E-state index contributed by atoms with van der Waals surface area (Å²) < 4.78 is 7.40. The summed E-state index contributed by atoms with van der Waals surface area (Å²) in [5.74, 6) is 0.736. The monoisotopic (exact) mass is 315 g/mol. The number of rotatable bonds is 8. The fourth-order valence-corrected chi connectivity index (χ4v) is 2.44. The van der Waals surface area contributed by atoms with Crippen LogP contribution in [-0.4, -0.2) is 28.0 Å². The number of aromatic nitrogens is 2. The highest BCUT2D eigenvalue weighted by Gasteiger charge is 2.15. The average Bonchev–Trinajstić information content (AvgIpc) is 2.79. The molecule has 1 aromatic carbocycles. The topological polar surface area (TPSA) is 59.3 Å². The molecule has 1 aromatic heterocycles. The van der Waals surface area contributed by atoms with E-state index in [1.54, 1.807) is 10.8 Å². The van der Waals surface area contributed by atoms with Crippen molar-refractivity contribution in [1.29, 1.82) is 0 Å². The molecule has 0 fully saturated rings. The Morgan fingerprint density at radius 1 is 1.35 bits per heavy atom. The van der Waals surface area contributed by atoms with Crippen molar-refractivity contribution in [2.24, 2.45) is 7.05 Å². The number of ether oxygens (including phenoxy) is 1. The number of nitrogens with zero attached hydrogens (tertiary/aromatic N) is 2. The molecule has 0 spiro atoms. The van der Waals surface area contributed by atoms with Gasteiger partial charge in [0.05, 0.1) is 17.4 Å². The van der Waals surface area contributed by atoms with Gasteiger partial charge in [0.25, 0.3) is 0 Å². The molecule has 2 rings (SSSR count). The molecular formula is C18H25N3O2. The van der Waals surface area contributed by atoms with Crippen LogP contribution in [0.2, 0.25) is 0 Å². The van der Waals surface area contributed by atoms with Crippen molar-refractivity contribution in [3.63, 3.8) is 0 Å². The maximum Gasteiger partial charge on any atom is 0.216 e. The van der Waals surface area contributed by atoms with Gasteiger partial charge >= 0.3 is 0 Å². The van der Waals surface area contributed by atoms with Crippen molar-refractivity contribution >= 4 is 0 Å². The van der Waals surface area contributed by atoms with Gasteiger partial charge in [-0.1, -0.05) is 42.5 Å². The Balaban J connectivity index is 1.95. The van der Waals surface area contributed by atoms with Crippen LogP contribution in [0.5, 0.6) is 5.88 Å². The first kappa shape index (κ1) is 17.2. The van der Waals surface area contributed by atoms with Gasteiger partial charge in [-0.2, -0.15) is 5.10 Å². The molecule has 0 bridgehead atoms. The molecule has 0 radical (unpaired) electrons. The number of aliphatic hydroxyl groups is 1. The average molecular weight is 315 g/mol. The molecule has 2 N–H and O–H groups in total. The summed E-state index contributed by atoms with van der Waals surface area (Å²) in [6.45, 7) is 9.15. The maximum atomic E-state index is 10.2. The maximum absolute atomic E-state index is 10.2. The van der Waals surface area contributed by atoms with Gasteiger partial charge < -0.3 is 15.2 Å². The number of hydrogen-bond donors (Lipinski definition) is 2. The summed E-state index contributed by atoms with van der Waals surface area (Å²) in [7, 11) is 1.86. The molecule has 0 amide bonds. The van der Waals surface area contributed by atoms with E-state index in [1.165, 1.54) is 5.56 Å². The summed E-state index contributed by atoms with van der Waals surface area (Å²) in [6.07, 6.45) is 1.17. The Bertz CT molecular complexity index is 647. The minimum absolute atomic E-state index is 0.442. The quantitative estimate of drug-likeness (QED) is 0.735. The predicted molar refractivity (Wildman–Crippen MR) is 91.5 cm³/mol. The van der Waals surface area contributed by atoms with Crippen molar-refractivity contribution in [3.8, 4) is 5.88 Å². The second kappa shape index (κ2) is 7.94. The first-order valence-corrected chi connectivity index (χ1v) is 7.74. The SMILES string of the molecule is C=CCOc1c(CNCC(O)c2ccc(C)cc2)c(C)nn1C. The first-order valence-electron chi connectivity index (χ1n) is 7.74. The van der Waals surface area contributed by atoms with E-state index < -0.39 is 6.10 Å². The van der Waals surface area contributed by atoms with E-state index in [9.17, 15) is 5.11 Å². The van der Waals surface area contributed by atoms with Crippen molar-refractivity contribution in [1.82, 2.24) is 15.1 Å². The molecule has 1 heterocycles. The predicted octanol–water partition coefficient (Wildman–Crippen LogP) is 2.42. The molecule has 0 saturated heterocycles. The molecule has 1 unspecified atom stereocenters. The van der Waals surface area contributed by atoms with Gasteiger partial charge in [-0.3, -0.25) is 0 Å². The third kappa shape index (κ3) is 4.43. The Labute approximate surface area is 137 Å². The van der Waals surface area contributed by atoms with Crippen molar-refractivity contribution < 1.29 is 9.84 Å². The number of aryl methyl sites for hydroxylation is 3. The molecule has 2 aromatic rings. The Hall–Kier alpha value is -2.11. The van der Waals surface area contributed by atoms with Crippen LogP contribution < -0.4 is 10.1 Å². The molecule has 0 aliphatic heterocycles. The highest BCUT2D eigenvalue weighted by atomic mass is 16.5. The molecule has 5 nitrogen and oxygen atoms in total. The fraction of sp³-hybridized carbons (Fsp3) is 0.389. The molecule has 23 heavy (non-hydrogen) atoms. The van der Waals surface area contributed by atoms with E-state index in [-0.39, 0.29) is 0 Å². The van der Waals surface area contributed by atoms with Crippen molar-refractivity contribution in [2.75, 3.05) is 13.2 Å². The second-order valence-electron chi connectivity index (χ2n) is 5.65. The van der Waals surface area contributed by atoms with E-state index in [0.29, 0.717) is 19.7 Å². The van der Waals surface area contributed by atoms with Gasteiger partial charge in [0.1, 0.15) is 6.61 Å². The van der Waals surface area contributed by atoms with Crippen LogP contribution in [0.3, 0.4) is 0 Å². The summed E-state index contributed by atoms with van der Waals surface area (Å²) in [4.78, 5) is 0. The molecular weight excluding hydrogens is 290 g/mol. The van der Waals surface area contributed by atoms with Crippen molar-refractivity contribution in [2.45, 2.75) is 26.5 Å². The smallest absolute Gasteiger partial charge is 0.216 e. The normalized spacial score (nSPS) is 12.2. The van der Waals surface area contributed by atoms with Crippen LogP contribution >= 0.6 is 0 Å². The number of aliphatic hydroxyl groups excluding tert-OH is 1. The van der Waals surface area contributed by atoms with Crippen LogP contribution in [0.4, 0.5) is 0 Å². The van der Waals surface area contributed by atoms with E-state index >= 15 is 0 Å². The first-order chi connectivity index (χ1) is 11.0. The zero-order chi connectivity index (χ0) is 16.8. The third-order valence-electron chi connectivity index (χ3n) is 3.73. The highest BCUT2D eigenvalue weighted by Crippen LogP contribution is 2.21. The fourth-order valence-electron chi connectivity index (χ4n) is 2.44. The Kier molecular flexibility index (Phi) is 5.96. The molecule has 124 valence electrons. The second-order valence-corrected chi connectivity index (χ2v) is 5.65. The molecule has 5 heteroatoms. The van der Waals surface area contributed by atoms with Crippen LogP contribution in [0.1, 0.15) is 28.5 Å². The number of nitrogens with one attached hydrogen (secondary N) is 1. The highest BCUT2D eigenvalue weighted by molar-refractivity contribution is 5.31. The lowest BCUT2D eigenvalue weighted by Gasteiger charge is -2.13. The van der Waals surface area contributed by atoms with Gasteiger partial charge in [0, 0.05) is 20.1 Å². The minimum Gasteiger partial charge on any atom is -0.473 e. The van der Waals surface area contributed by atoms with Gasteiger partial charge in [0.15, 0.2) is 0 Å². The van der Waals surface area contributed by atoms with Crippen LogP contribution in [-0.2, 0) is 13.6 Å². The van der Waals surface area contributed by atoms with Crippen LogP contribution in [0.15, 0.2) is 36.9 Å². The molecule has 0 aliphatic rings. The molecule has 0 saturated carbocycles. The van der Waals surface area contributed by atoms with E-state index in [0.717, 1.165) is 22.7 Å². The summed E-state index contributed by atoms with van der Waals surface area (Å²) >= 11 is 0. The largest absolute Gasteiger partial charge is 0.473 e. The summed E-state index contributed by atoms with van der Waals surface area (Å²) in [5.41, 5.74) is 4.02. The summed E-state index contributed by atoms with van der Waals surface area (Å²) in [5, 5.41) is 17.9. The van der Waals surface area contributed by atoms with Gasteiger partial charge in [-0.15, -0.1) is 0 Å². The van der Waals surface area contributed by atoms with Crippen LogP contribution in [0.25, 0.3) is 0 Å². The van der Waals surface area contributed by atoms with Crippen LogP contribution in [0, 0.1) is 13.8 Å². The van der Waals surface area contributed by atoms with E-state index in [2.05, 4.69) is 17.0 Å². The molecule has 1 atom stereocenters. The van der Waals surface area contributed by atoms with E-state index in [4.69, 9.17) is 4.74 Å². The lowest BCUT2D eigenvalue weighted by atomic mass is 10.1. The summed E-state index contributed by atoms with van der Waals surface area (Å²) in [6, 6.07) is 7.92. The minimum atomic E-state index is -0.537. The van der Waals surface area contributed by atoms with Gasteiger partial charge in [-0.05, 0) is 19.4 Å². The van der Waals surface area contributed by atoms with Gasteiger partial charge in [0.2, 0.25) is 5.88 Å². The lowest BCUT2D eigenvalue weighted by molar-refractivity contribution is 0.174. The Morgan fingerprint density at radius 2 is 2.04 bits per heavy atom. The zero-order valence-corrected chi connectivity index (χ0v) is 14.0. The third-order valence-corrected chi connectivity index (χ3v) is 3.73. The number of hydrogen-bond acceptors (Lipinski definition) is 4.